The third kappa shape index (κ3) is 1.66. The average Bonchev–Trinajstić information content (AvgIpc) is 3.11. The predicted molar refractivity (Wildman–Crippen MR) is 64.2 cm³/mol. The fourth-order valence-electron chi connectivity index (χ4n) is 2.12. The van der Waals surface area contributed by atoms with Crippen LogP contribution in [0.15, 0.2) is 21.6 Å². The summed E-state index contributed by atoms with van der Waals surface area (Å²) in [7, 11) is 0. The van der Waals surface area contributed by atoms with Gasteiger partial charge in [0.1, 0.15) is 18.8 Å². The van der Waals surface area contributed by atoms with Crippen molar-refractivity contribution in [1.82, 2.24) is 0 Å². The summed E-state index contributed by atoms with van der Waals surface area (Å²) >= 11 is 3.43. The highest BCUT2D eigenvalue weighted by atomic mass is 79.9. The summed E-state index contributed by atoms with van der Waals surface area (Å²) in [5.41, 5.74) is 0.506. The highest BCUT2D eigenvalue weighted by Crippen LogP contribution is 2.55. The van der Waals surface area contributed by atoms with E-state index in [1.807, 2.05) is 12.1 Å². The maximum atomic E-state index is 10.5. The molecule has 4 nitrogen and oxygen atoms in total. The molecule has 1 aromatic rings. The summed E-state index contributed by atoms with van der Waals surface area (Å²) in [6.07, 6.45) is 3.38. The Morgan fingerprint density at radius 2 is 1.94 bits per heavy atom. The van der Waals surface area contributed by atoms with Gasteiger partial charge in [0, 0.05) is 5.56 Å². The van der Waals surface area contributed by atoms with E-state index in [4.69, 9.17) is 9.47 Å². The van der Waals surface area contributed by atoms with Crippen molar-refractivity contribution in [3.63, 3.8) is 0 Å². The number of hydrogen-bond acceptors (Lipinski definition) is 4. The Labute approximate surface area is 107 Å². The van der Waals surface area contributed by atoms with E-state index in [2.05, 4.69) is 20.9 Å². The lowest BCUT2D eigenvalue weighted by Crippen LogP contribution is -2.19. The minimum absolute atomic E-state index is 0.423. The number of carbonyl (C=O) groups excluding carboxylic acids is 1. The number of fused-ring (bicyclic) bond motifs is 1. The van der Waals surface area contributed by atoms with Crippen molar-refractivity contribution < 1.29 is 14.3 Å². The molecule has 0 radical (unpaired) electrons. The highest BCUT2D eigenvalue weighted by molar-refractivity contribution is 9.10. The SMILES string of the molecule is O=C=NC1(c2ccc(Br)c3c2OCCO3)CC1. The zero-order valence-electron chi connectivity index (χ0n) is 9.03. The van der Waals surface area contributed by atoms with Gasteiger partial charge in [-0.25, -0.2) is 4.79 Å². The van der Waals surface area contributed by atoms with E-state index in [0.717, 1.165) is 22.9 Å². The minimum atomic E-state index is -0.423. The van der Waals surface area contributed by atoms with Crippen LogP contribution in [0, 0.1) is 0 Å². The van der Waals surface area contributed by atoms with Gasteiger partial charge in [-0.05, 0) is 34.8 Å². The number of nitrogens with zero attached hydrogens (tertiary/aromatic N) is 1. The summed E-state index contributed by atoms with van der Waals surface area (Å²) in [6.45, 7) is 1.07. The second-order valence-corrected chi connectivity index (χ2v) is 5.04. The molecule has 0 unspecified atom stereocenters. The van der Waals surface area contributed by atoms with E-state index in [1.54, 1.807) is 6.08 Å². The first-order valence-electron chi connectivity index (χ1n) is 5.44. The Morgan fingerprint density at radius 3 is 2.59 bits per heavy atom. The first-order chi connectivity index (χ1) is 8.27. The van der Waals surface area contributed by atoms with Crippen LogP contribution >= 0.6 is 15.9 Å². The molecule has 3 rings (SSSR count). The third-order valence-electron chi connectivity index (χ3n) is 3.12. The first-order valence-corrected chi connectivity index (χ1v) is 6.24. The Hall–Kier alpha value is -1.32. The van der Waals surface area contributed by atoms with Crippen molar-refractivity contribution in [1.29, 1.82) is 0 Å². The number of ether oxygens (including phenoxy) is 2. The first kappa shape index (κ1) is 10.8. The Kier molecular flexibility index (Phi) is 2.45. The topological polar surface area (TPSA) is 47.9 Å². The highest BCUT2D eigenvalue weighted by Gasteiger charge is 2.48. The number of aliphatic imine (C=N–C) groups is 1. The van der Waals surface area contributed by atoms with Gasteiger partial charge in [-0.1, -0.05) is 6.07 Å². The lowest BCUT2D eigenvalue weighted by Gasteiger charge is -2.24. The quantitative estimate of drug-likeness (QED) is 0.622. The summed E-state index contributed by atoms with van der Waals surface area (Å²) in [6, 6.07) is 3.84. The molecule has 5 heteroatoms. The molecule has 1 heterocycles. The number of hydrogen-bond donors (Lipinski definition) is 0. The minimum Gasteiger partial charge on any atom is -0.486 e. The van der Waals surface area contributed by atoms with Gasteiger partial charge < -0.3 is 9.47 Å². The van der Waals surface area contributed by atoms with Crippen molar-refractivity contribution in [3.8, 4) is 11.5 Å². The Bertz CT molecular complexity index is 519. The fraction of sp³-hybridized carbons (Fsp3) is 0.417. The Morgan fingerprint density at radius 1 is 1.24 bits per heavy atom. The van der Waals surface area contributed by atoms with E-state index >= 15 is 0 Å². The summed E-state index contributed by atoms with van der Waals surface area (Å²) in [5, 5.41) is 0. The maximum absolute atomic E-state index is 10.5. The van der Waals surface area contributed by atoms with Crippen molar-refractivity contribution in [2.75, 3.05) is 13.2 Å². The van der Waals surface area contributed by atoms with E-state index in [-0.39, 0.29) is 0 Å². The van der Waals surface area contributed by atoms with Crippen LogP contribution in [0.25, 0.3) is 0 Å². The third-order valence-corrected chi connectivity index (χ3v) is 3.75. The lowest BCUT2D eigenvalue weighted by molar-refractivity contribution is 0.167. The van der Waals surface area contributed by atoms with Gasteiger partial charge in [0.05, 0.1) is 4.47 Å². The summed E-state index contributed by atoms with van der Waals surface area (Å²) < 4.78 is 12.1. The molecule has 0 aromatic heterocycles. The molecule has 1 fully saturated rings. The second-order valence-electron chi connectivity index (χ2n) is 4.18. The lowest BCUT2D eigenvalue weighted by atomic mass is 10.0. The van der Waals surface area contributed by atoms with Crippen LogP contribution in [-0.4, -0.2) is 19.3 Å². The van der Waals surface area contributed by atoms with Crippen LogP contribution < -0.4 is 9.47 Å². The molecular weight excluding hydrogens is 286 g/mol. The van der Waals surface area contributed by atoms with Crippen LogP contribution in [-0.2, 0) is 10.3 Å². The molecule has 17 heavy (non-hydrogen) atoms. The monoisotopic (exact) mass is 295 g/mol. The molecule has 1 aromatic carbocycles. The molecule has 0 atom stereocenters. The van der Waals surface area contributed by atoms with Crippen LogP contribution in [0.2, 0.25) is 0 Å². The van der Waals surface area contributed by atoms with Crippen molar-refractivity contribution >= 4 is 22.0 Å². The molecule has 0 amide bonds. The maximum Gasteiger partial charge on any atom is 0.235 e. The zero-order valence-corrected chi connectivity index (χ0v) is 10.6. The number of isocyanates is 1. The standard InChI is InChI=1S/C12H10BrNO3/c13-9-2-1-8(12(3-4-12)14-7-15)10-11(9)17-6-5-16-10/h1-2H,3-6H2. The molecule has 2 aliphatic rings. The zero-order chi connectivity index (χ0) is 11.9. The van der Waals surface area contributed by atoms with Gasteiger partial charge in [0.2, 0.25) is 6.08 Å². The van der Waals surface area contributed by atoms with Gasteiger partial charge in [0.15, 0.2) is 11.5 Å². The second kappa shape index (κ2) is 3.86. The van der Waals surface area contributed by atoms with Crippen molar-refractivity contribution in [3.05, 3.63) is 22.2 Å². The molecule has 88 valence electrons. The van der Waals surface area contributed by atoms with Crippen molar-refractivity contribution in [2.24, 2.45) is 4.99 Å². The largest absolute Gasteiger partial charge is 0.486 e. The number of rotatable bonds is 2. The van der Waals surface area contributed by atoms with Crippen LogP contribution in [0.4, 0.5) is 0 Å². The van der Waals surface area contributed by atoms with E-state index in [1.165, 1.54) is 0 Å². The molecule has 1 saturated carbocycles. The Balaban J connectivity index is 2.15. The summed E-state index contributed by atoms with van der Waals surface area (Å²) in [4.78, 5) is 14.4. The van der Waals surface area contributed by atoms with Crippen molar-refractivity contribution in [2.45, 2.75) is 18.4 Å². The average molecular weight is 296 g/mol. The van der Waals surface area contributed by atoms with Gasteiger partial charge >= 0.3 is 0 Å². The predicted octanol–water partition coefficient (Wildman–Crippen LogP) is 2.55. The van der Waals surface area contributed by atoms with Gasteiger partial charge in [-0.3, -0.25) is 0 Å². The molecule has 0 N–H and O–H groups in total. The van der Waals surface area contributed by atoms with Gasteiger partial charge in [0.25, 0.3) is 0 Å². The molecule has 0 saturated heterocycles. The van der Waals surface area contributed by atoms with E-state index < -0.39 is 5.54 Å². The summed E-state index contributed by atoms with van der Waals surface area (Å²) in [5.74, 6) is 1.42. The van der Waals surface area contributed by atoms with Crippen LogP contribution in [0.5, 0.6) is 11.5 Å². The van der Waals surface area contributed by atoms with Crippen LogP contribution in [0.3, 0.4) is 0 Å². The number of benzene rings is 1. The van der Waals surface area contributed by atoms with E-state index in [9.17, 15) is 4.79 Å². The van der Waals surface area contributed by atoms with Crippen LogP contribution in [0.1, 0.15) is 18.4 Å². The number of halogens is 1. The molecule has 1 aliphatic heterocycles. The fourth-order valence-corrected chi connectivity index (χ4v) is 2.54. The molecule has 0 spiro atoms. The normalized spacial score (nSPS) is 19.4. The van der Waals surface area contributed by atoms with Gasteiger partial charge in [-0.2, -0.15) is 4.99 Å². The smallest absolute Gasteiger partial charge is 0.235 e. The molecule has 1 aliphatic carbocycles. The van der Waals surface area contributed by atoms with Gasteiger partial charge in [-0.15, -0.1) is 0 Å². The van der Waals surface area contributed by atoms with E-state index in [0.29, 0.717) is 24.7 Å². The molecular formula is C12H10BrNO3. The molecule has 0 bridgehead atoms.